The molecular weight excluding hydrogens is 459 g/mol. The molecule has 1 unspecified atom stereocenters. The maximum atomic E-state index is 13.0. The lowest BCUT2D eigenvalue weighted by Crippen LogP contribution is -2.39. The van der Waals surface area contributed by atoms with Gasteiger partial charge in [-0.2, -0.15) is 18.3 Å². The van der Waals surface area contributed by atoms with Gasteiger partial charge in [-0.15, -0.1) is 6.42 Å². The number of amides is 1. The number of hydrogen-bond acceptors (Lipinski definition) is 6. The number of nitrogens with zero attached hydrogens (tertiary/aromatic N) is 5. The Kier molecular flexibility index (Phi) is 8.58. The summed E-state index contributed by atoms with van der Waals surface area (Å²) in [6, 6.07) is 3.38. The molecule has 0 radical (unpaired) electrons. The van der Waals surface area contributed by atoms with Crippen LogP contribution in [0.4, 0.5) is 18.9 Å². The van der Waals surface area contributed by atoms with Crippen LogP contribution in [0.5, 0.6) is 0 Å². The topological polar surface area (TPSA) is 89.7 Å². The summed E-state index contributed by atoms with van der Waals surface area (Å²) in [5.41, 5.74) is 0.310. The lowest BCUT2D eigenvalue weighted by atomic mass is 10.3. The van der Waals surface area contributed by atoms with E-state index in [-0.39, 0.29) is 23.1 Å². The second kappa shape index (κ2) is 10.9. The lowest BCUT2D eigenvalue weighted by molar-refractivity contribution is -0.129. The third kappa shape index (κ3) is 7.08. The van der Waals surface area contributed by atoms with Crippen LogP contribution in [0.1, 0.15) is 6.42 Å². The van der Waals surface area contributed by atoms with Crippen molar-refractivity contribution in [1.82, 2.24) is 14.8 Å². The van der Waals surface area contributed by atoms with E-state index in [2.05, 4.69) is 26.0 Å². The monoisotopic (exact) mass is 475 g/mol. The van der Waals surface area contributed by atoms with Gasteiger partial charge >= 0.3 is 6.18 Å². The molecule has 1 atom stereocenters. The second-order valence-corrected chi connectivity index (χ2v) is 7.86. The molecule has 2 heterocycles. The van der Waals surface area contributed by atoms with E-state index in [0.29, 0.717) is 5.69 Å². The van der Waals surface area contributed by atoms with Crippen molar-refractivity contribution in [1.29, 1.82) is 0 Å². The molecule has 0 aliphatic carbocycles. The van der Waals surface area contributed by atoms with Crippen LogP contribution >= 0.6 is 11.6 Å². The highest BCUT2D eigenvalue weighted by Crippen LogP contribution is 2.26. The van der Waals surface area contributed by atoms with Crippen LogP contribution in [-0.2, 0) is 20.4 Å². The molecule has 0 N–H and O–H groups in total. The normalized spacial score (nSPS) is 12.8. The van der Waals surface area contributed by atoms with E-state index in [1.807, 2.05) is 0 Å². The van der Waals surface area contributed by atoms with Crippen molar-refractivity contribution in [3.05, 3.63) is 35.9 Å². The molecule has 31 heavy (non-hydrogen) atoms. The van der Waals surface area contributed by atoms with Gasteiger partial charge in [-0.1, -0.05) is 22.7 Å². The zero-order valence-corrected chi connectivity index (χ0v) is 17.7. The molecule has 1 amide bonds. The predicted molar refractivity (Wildman–Crippen MR) is 111 cm³/mol. The number of aromatic nitrogens is 3. The summed E-state index contributed by atoms with van der Waals surface area (Å²) in [6.07, 6.45) is 4.15. The second-order valence-electron chi connectivity index (χ2n) is 5.93. The van der Waals surface area contributed by atoms with Gasteiger partial charge in [0.25, 0.3) is 5.91 Å². The van der Waals surface area contributed by atoms with Crippen molar-refractivity contribution < 1.29 is 27.0 Å². The standard InChI is InChI=1S/C18H17ClF3N5O3S/c1-3-8-26(15-11-27(24-16(15)19)13-5-4-7-23-10-13)17(28)14(25-30-2)12-31(29)9-6-18(20,21)22/h1,4-5,7,10-11H,6,8-9,12H2,2H3/b25-14-. The summed E-state index contributed by atoms with van der Waals surface area (Å²) in [5.74, 6) is 0.226. The van der Waals surface area contributed by atoms with Crippen LogP contribution in [0, 0.1) is 12.3 Å². The maximum absolute atomic E-state index is 13.0. The molecule has 0 saturated heterocycles. The third-order valence-electron chi connectivity index (χ3n) is 3.71. The van der Waals surface area contributed by atoms with Crippen LogP contribution < -0.4 is 4.90 Å². The molecule has 0 spiro atoms. The number of rotatable bonds is 9. The summed E-state index contributed by atoms with van der Waals surface area (Å²) in [6.45, 7) is -0.255. The number of alkyl halides is 3. The molecule has 0 aliphatic heterocycles. The fourth-order valence-electron chi connectivity index (χ4n) is 2.35. The van der Waals surface area contributed by atoms with Gasteiger partial charge in [0.15, 0.2) is 10.9 Å². The third-order valence-corrected chi connectivity index (χ3v) is 5.23. The van der Waals surface area contributed by atoms with Gasteiger partial charge < -0.3 is 4.84 Å². The van der Waals surface area contributed by atoms with Crippen molar-refractivity contribution in [3.8, 4) is 18.0 Å². The maximum Gasteiger partial charge on any atom is 0.390 e. The van der Waals surface area contributed by atoms with Gasteiger partial charge in [-0.25, -0.2) is 4.68 Å². The summed E-state index contributed by atoms with van der Waals surface area (Å²) >= 11 is 6.19. The smallest absolute Gasteiger partial charge is 0.390 e. The Labute approximate surface area is 183 Å². The molecule has 166 valence electrons. The van der Waals surface area contributed by atoms with Crippen molar-refractivity contribution in [2.45, 2.75) is 12.6 Å². The van der Waals surface area contributed by atoms with Gasteiger partial charge in [0.1, 0.15) is 12.8 Å². The van der Waals surface area contributed by atoms with E-state index in [4.69, 9.17) is 18.0 Å². The van der Waals surface area contributed by atoms with Crippen molar-refractivity contribution in [2.24, 2.45) is 5.16 Å². The average Bonchev–Trinajstić information content (AvgIpc) is 3.11. The number of terminal acetylenes is 1. The van der Waals surface area contributed by atoms with Crippen LogP contribution in [0.15, 0.2) is 35.9 Å². The van der Waals surface area contributed by atoms with Gasteiger partial charge in [0, 0.05) is 22.7 Å². The van der Waals surface area contributed by atoms with Gasteiger partial charge in [0.2, 0.25) is 0 Å². The number of halogens is 4. The van der Waals surface area contributed by atoms with Gasteiger partial charge in [-0.05, 0) is 12.1 Å². The van der Waals surface area contributed by atoms with Gasteiger partial charge in [0.05, 0.1) is 36.8 Å². The molecule has 2 rings (SSSR count). The van der Waals surface area contributed by atoms with Crippen LogP contribution in [0.25, 0.3) is 5.69 Å². The number of pyridine rings is 1. The highest BCUT2D eigenvalue weighted by atomic mass is 35.5. The largest absolute Gasteiger partial charge is 0.399 e. The number of hydrogen-bond donors (Lipinski definition) is 0. The number of anilines is 1. The minimum Gasteiger partial charge on any atom is -0.399 e. The van der Waals surface area contributed by atoms with Crippen LogP contribution in [-0.4, -0.2) is 61.9 Å². The van der Waals surface area contributed by atoms with Crippen molar-refractivity contribution >= 4 is 39.7 Å². The highest BCUT2D eigenvalue weighted by molar-refractivity contribution is 7.85. The molecule has 2 aromatic rings. The first kappa shape index (κ1) is 24.4. The molecule has 13 heteroatoms. The van der Waals surface area contributed by atoms with Crippen molar-refractivity contribution in [2.75, 3.05) is 30.1 Å². The lowest BCUT2D eigenvalue weighted by Gasteiger charge is -2.19. The van der Waals surface area contributed by atoms with Gasteiger partial charge in [-0.3, -0.25) is 18.9 Å². The fraction of sp³-hybridized carbons (Fsp3) is 0.333. The van der Waals surface area contributed by atoms with E-state index >= 15 is 0 Å². The molecular formula is C18H17ClF3N5O3S. The minimum absolute atomic E-state index is 0.0672. The van der Waals surface area contributed by atoms with E-state index in [0.717, 1.165) is 12.0 Å². The number of oxime groups is 1. The SMILES string of the molecule is C#CCN(C(=O)/C(CS(=O)CCC(F)(F)F)=N\OC)c1cn(-c2cccnc2)nc1Cl. The first-order chi connectivity index (χ1) is 14.7. The fourth-order valence-corrected chi connectivity index (χ4v) is 3.67. The first-order valence-corrected chi connectivity index (χ1v) is 10.5. The molecule has 8 nitrogen and oxygen atoms in total. The summed E-state index contributed by atoms with van der Waals surface area (Å²) in [5, 5.41) is 7.58. The number of carbonyl (C=O) groups is 1. The Morgan fingerprint density at radius 1 is 1.48 bits per heavy atom. The van der Waals surface area contributed by atoms with Crippen LogP contribution in [0.2, 0.25) is 5.15 Å². The van der Waals surface area contributed by atoms with E-state index < -0.39 is 40.8 Å². The predicted octanol–water partition coefficient (Wildman–Crippen LogP) is 2.59. The molecule has 0 bridgehead atoms. The Morgan fingerprint density at radius 2 is 2.23 bits per heavy atom. The van der Waals surface area contributed by atoms with Crippen molar-refractivity contribution in [3.63, 3.8) is 0 Å². The average molecular weight is 476 g/mol. The molecule has 0 aromatic carbocycles. The zero-order chi connectivity index (χ0) is 23.0. The Hall–Kier alpha value is -2.91. The summed E-state index contributed by atoms with van der Waals surface area (Å²) in [7, 11) is -0.874. The quantitative estimate of drug-likeness (QED) is 0.316. The Balaban J connectivity index is 2.29. The molecule has 0 saturated carbocycles. The first-order valence-electron chi connectivity index (χ1n) is 8.59. The molecule has 0 aliphatic rings. The Bertz CT molecular complexity index is 1010. The summed E-state index contributed by atoms with van der Waals surface area (Å²) < 4.78 is 50.6. The van der Waals surface area contributed by atoms with E-state index in [1.54, 1.807) is 18.3 Å². The van der Waals surface area contributed by atoms with E-state index in [9.17, 15) is 22.2 Å². The minimum atomic E-state index is -4.47. The molecule has 2 aromatic heterocycles. The summed E-state index contributed by atoms with van der Waals surface area (Å²) in [4.78, 5) is 22.6. The zero-order valence-electron chi connectivity index (χ0n) is 16.2. The van der Waals surface area contributed by atoms with Crippen LogP contribution in [0.3, 0.4) is 0 Å². The Morgan fingerprint density at radius 3 is 2.81 bits per heavy atom. The highest BCUT2D eigenvalue weighted by Gasteiger charge is 2.30. The number of carbonyl (C=O) groups excluding carboxylic acids is 1. The molecule has 0 fully saturated rings. The van der Waals surface area contributed by atoms with E-state index in [1.165, 1.54) is 17.1 Å².